The van der Waals surface area contributed by atoms with E-state index < -0.39 is 33.0 Å². The molecule has 4 saturated carbocycles. The van der Waals surface area contributed by atoms with Gasteiger partial charge in [-0.1, -0.05) is 6.92 Å². The minimum absolute atomic E-state index is 0.227. The van der Waals surface area contributed by atoms with Crippen LogP contribution in [0.1, 0.15) is 64.7 Å². The second-order valence-corrected chi connectivity index (χ2v) is 11.6. The Balaban J connectivity index is 1.46. The summed E-state index contributed by atoms with van der Waals surface area (Å²) in [6, 6.07) is 0. The van der Waals surface area contributed by atoms with Crippen LogP contribution in [0, 0.1) is 35.0 Å². The lowest BCUT2D eigenvalue weighted by Gasteiger charge is -2.55. The molecule has 10 heteroatoms. The van der Waals surface area contributed by atoms with Gasteiger partial charge in [0.25, 0.3) is 0 Å². The summed E-state index contributed by atoms with van der Waals surface area (Å²) >= 11 is 0. The van der Waals surface area contributed by atoms with Crippen molar-refractivity contribution >= 4 is 20.8 Å². The highest BCUT2D eigenvalue weighted by molar-refractivity contribution is 7.81. The van der Waals surface area contributed by atoms with Crippen LogP contribution in [0.15, 0.2) is 0 Å². The third kappa shape index (κ3) is 4.00. The third-order valence-corrected chi connectivity index (χ3v) is 9.31. The van der Waals surface area contributed by atoms with Crippen LogP contribution in [0.4, 0.5) is 0 Å². The van der Waals surface area contributed by atoms with Crippen molar-refractivity contribution in [3.05, 3.63) is 0 Å². The van der Waals surface area contributed by atoms with Gasteiger partial charge < -0.3 is 0 Å². The second kappa shape index (κ2) is 7.16. The van der Waals surface area contributed by atoms with Crippen molar-refractivity contribution in [2.75, 3.05) is 0 Å². The molecule has 0 aliphatic heterocycles. The monoisotopic (exact) mass is 438 g/mol. The average Bonchev–Trinajstić information content (AvgIpc) is 2.88. The van der Waals surface area contributed by atoms with Gasteiger partial charge in [-0.25, -0.2) is 8.37 Å². The smallest absolute Gasteiger partial charge is 0.264 e. The molecule has 4 aliphatic carbocycles. The van der Waals surface area contributed by atoms with Crippen molar-refractivity contribution in [3.63, 3.8) is 0 Å². The lowest BCUT2D eigenvalue weighted by molar-refractivity contribution is -0.0853. The van der Waals surface area contributed by atoms with Gasteiger partial charge in [0, 0.05) is 0 Å². The molecule has 8 atom stereocenters. The first kappa shape index (κ1) is 21.0. The Morgan fingerprint density at radius 3 is 2.14 bits per heavy atom. The lowest BCUT2D eigenvalue weighted by atomic mass is 9.50. The molecule has 0 aromatic carbocycles. The van der Waals surface area contributed by atoms with Crippen LogP contribution in [0.5, 0.6) is 0 Å². The first-order chi connectivity index (χ1) is 13.0. The Hall–Kier alpha value is -0.260. The van der Waals surface area contributed by atoms with Crippen LogP contribution in [0.2, 0.25) is 0 Å². The van der Waals surface area contributed by atoms with Crippen molar-refractivity contribution < 1.29 is 34.3 Å². The second-order valence-electron chi connectivity index (χ2n) is 9.53. The Kier molecular flexibility index (Phi) is 5.37. The molecule has 4 rings (SSSR count). The molecule has 0 spiro atoms. The number of fused-ring (bicyclic) bond motifs is 5. The predicted molar refractivity (Wildman–Crippen MR) is 100.0 cm³/mol. The average molecular weight is 439 g/mol. The van der Waals surface area contributed by atoms with Gasteiger partial charge in [-0.05, 0) is 92.8 Å². The Labute approximate surface area is 167 Å². The minimum atomic E-state index is -4.45. The van der Waals surface area contributed by atoms with Gasteiger partial charge in [0.2, 0.25) is 0 Å². The van der Waals surface area contributed by atoms with Gasteiger partial charge in [-0.2, -0.15) is 16.8 Å². The Morgan fingerprint density at radius 1 is 0.786 bits per heavy atom. The van der Waals surface area contributed by atoms with Crippen LogP contribution in [-0.2, 0) is 29.2 Å². The lowest BCUT2D eigenvalue weighted by Crippen LogP contribution is -2.50. The SMILES string of the molecule is C[C@]12CC[C@H]3[C@@H](CC[C@@H]4C[C@H](OS(=O)(=O)O)CC[C@@H]43)[C@@H]1CC[C@@H]2OS(=O)(=O)O. The molecule has 0 heterocycles. The zero-order chi connectivity index (χ0) is 20.3. The molecule has 2 N–H and O–H groups in total. The normalized spacial score (nSPS) is 46.5. The van der Waals surface area contributed by atoms with Gasteiger partial charge in [-0.3, -0.25) is 9.11 Å². The molecule has 0 saturated heterocycles. The summed E-state index contributed by atoms with van der Waals surface area (Å²) < 4.78 is 72.6. The molecule has 0 amide bonds. The van der Waals surface area contributed by atoms with E-state index in [0.717, 1.165) is 38.5 Å². The predicted octanol–water partition coefficient (Wildman–Crippen LogP) is 3.02. The molecule has 4 aliphatic rings. The largest absolute Gasteiger partial charge is 0.397 e. The summed E-state index contributed by atoms with van der Waals surface area (Å²) in [4.78, 5) is 0. The zero-order valence-corrected chi connectivity index (χ0v) is 17.7. The van der Waals surface area contributed by atoms with E-state index in [1.54, 1.807) is 0 Å². The van der Waals surface area contributed by atoms with Crippen molar-refractivity contribution in [3.8, 4) is 0 Å². The molecule has 8 nitrogen and oxygen atoms in total. The van der Waals surface area contributed by atoms with E-state index in [1.807, 2.05) is 0 Å². The highest BCUT2D eigenvalue weighted by Gasteiger charge is 2.58. The molecular weight excluding hydrogens is 408 g/mol. The van der Waals surface area contributed by atoms with Crippen LogP contribution in [0.3, 0.4) is 0 Å². The van der Waals surface area contributed by atoms with E-state index in [9.17, 15) is 16.8 Å². The van der Waals surface area contributed by atoms with Crippen molar-refractivity contribution in [2.45, 2.75) is 76.9 Å². The van der Waals surface area contributed by atoms with Crippen LogP contribution >= 0.6 is 0 Å². The first-order valence-electron chi connectivity index (χ1n) is 10.3. The molecule has 0 radical (unpaired) electrons. The Morgan fingerprint density at radius 2 is 1.46 bits per heavy atom. The summed E-state index contributed by atoms with van der Waals surface area (Å²) in [7, 11) is -8.86. The fourth-order valence-corrected chi connectivity index (χ4v) is 8.45. The molecular formula is C18H30O8S2. The maximum Gasteiger partial charge on any atom is 0.397 e. The number of hydrogen-bond donors (Lipinski definition) is 2. The van der Waals surface area contributed by atoms with E-state index in [0.29, 0.717) is 48.9 Å². The fraction of sp³-hybridized carbons (Fsp3) is 1.00. The van der Waals surface area contributed by atoms with Gasteiger partial charge >= 0.3 is 20.8 Å². The topological polar surface area (TPSA) is 127 Å². The molecule has 0 bridgehead atoms. The highest BCUT2D eigenvalue weighted by atomic mass is 32.3. The zero-order valence-electron chi connectivity index (χ0n) is 16.1. The van der Waals surface area contributed by atoms with Gasteiger partial charge in [0.1, 0.15) is 0 Å². The van der Waals surface area contributed by atoms with E-state index >= 15 is 0 Å². The molecule has 0 aromatic heterocycles. The van der Waals surface area contributed by atoms with Gasteiger partial charge in [0.15, 0.2) is 0 Å². The summed E-state index contributed by atoms with van der Waals surface area (Å²) in [5.74, 6) is 2.43. The van der Waals surface area contributed by atoms with E-state index in [2.05, 4.69) is 6.92 Å². The quantitative estimate of drug-likeness (QED) is 0.641. The first-order valence-corrected chi connectivity index (χ1v) is 13.0. The molecule has 4 fully saturated rings. The molecule has 0 aromatic rings. The van der Waals surface area contributed by atoms with Crippen molar-refractivity contribution in [1.29, 1.82) is 0 Å². The third-order valence-electron chi connectivity index (χ3n) is 8.31. The van der Waals surface area contributed by atoms with Crippen molar-refractivity contribution in [2.24, 2.45) is 35.0 Å². The summed E-state index contributed by atoms with van der Waals surface area (Å²) in [6.45, 7) is 2.11. The maximum atomic E-state index is 11.3. The van der Waals surface area contributed by atoms with E-state index in [1.165, 1.54) is 0 Å². The summed E-state index contributed by atoms with van der Waals surface area (Å²) in [6.07, 6.45) is 6.85. The van der Waals surface area contributed by atoms with Crippen LogP contribution < -0.4 is 0 Å². The molecule has 162 valence electrons. The standard InChI is InChI=1S/C18H30O8S2/c1-18-9-8-14-13-5-3-12(25-27(19,20)21)10-11(13)2-4-15(14)16(18)6-7-17(18)26-28(22,23)24/h11-17H,2-10H2,1H3,(H,19,20,21)(H,22,23,24)/t11-,12-,13+,14-,15-,16+,17+,18+/m1/s1. The Bertz CT molecular complexity index is 809. The van der Waals surface area contributed by atoms with Crippen LogP contribution in [-0.4, -0.2) is 38.1 Å². The van der Waals surface area contributed by atoms with E-state index in [-0.39, 0.29) is 5.41 Å². The highest BCUT2D eigenvalue weighted by Crippen LogP contribution is 2.63. The minimum Gasteiger partial charge on any atom is -0.264 e. The summed E-state index contributed by atoms with van der Waals surface area (Å²) in [5.41, 5.74) is -0.227. The van der Waals surface area contributed by atoms with Gasteiger partial charge in [0.05, 0.1) is 12.2 Å². The maximum absolute atomic E-state index is 11.3. The number of rotatable bonds is 4. The number of hydrogen-bond acceptors (Lipinski definition) is 6. The van der Waals surface area contributed by atoms with Gasteiger partial charge in [-0.15, -0.1) is 0 Å². The van der Waals surface area contributed by atoms with Crippen molar-refractivity contribution in [1.82, 2.24) is 0 Å². The van der Waals surface area contributed by atoms with E-state index in [4.69, 9.17) is 17.5 Å². The fourth-order valence-electron chi connectivity index (χ4n) is 7.33. The molecule has 28 heavy (non-hydrogen) atoms. The molecule has 0 unspecified atom stereocenters. The van der Waals surface area contributed by atoms with Crippen LogP contribution in [0.25, 0.3) is 0 Å². The summed E-state index contributed by atoms with van der Waals surface area (Å²) in [5, 5.41) is 0.